The number of amides is 1. The molecule has 0 aromatic heterocycles. The number of benzene rings is 2. The topological polar surface area (TPSA) is 70.7 Å². The summed E-state index contributed by atoms with van der Waals surface area (Å²) in [6, 6.07) is 12.8. The van der Waals surface area contributed by atoms with E-state index < -0.39 is 0 Å². The Bertz CT molecular complexity index is 1020. The SMILES string of the molecule is COc1ccc2c(c1)/C(=C/C(=O)c1cccc(C(=O)NCCCN(C)C)c1)NC(C)(C)C2. The number of allylic oxidation sites excluding steroid dienone is 1. The van der Waals surface area contributed by atoms with Gasteiger partial charge in [0.1, 0.15) is 5.75 Å². The second kappa shape index (κ2) is 10.0. The Labute approximate surface area is 190 Å². The molecule has 1 heterocycles. The van der Waals surface area contributed by atoms with Crippen molar-refractivity contribution < 1.29 is 14.3 Å². The molecular formula is C26H33N3O3. The van der Waals surface area contributed by atoms with E-state index in [0.29, 0.717) is 17.7 Å². The summed E-state index contributed by atoms with van der Waals surface area (Å²) in [5, 5.41) is 6.40. The Morgan fingerprint density at radius 1 is 1.16 bits per heavy atom. The molecule has 0 fully saturated rings. The summed E-state index contributed by atoms with van der Waals surface area (Å²) in [5.41, 5.74) is 3.68. The highest BCUT2D eigenvalue weighted by atomic mass is 16.5. The number of carbonyl (C=O) groups is 2. The van der Waals surface area contributed by atoms with Crippen molar-refractivity contribution in [1.82, 2.24) is 15.5 Å². The summed E-state index contributed by atoms with van der Waals surface area (Å²) in [5.74, 6) is 0.427. The number of hydrogen-bond donors (Lipinski definition) is 2. The monoisotopic (exact) mass is 435 g/mol. The average molecular weight is 436 g/mol. The number of methoxy groups -OCH3 is 1. The van der Waals surface area contributed by atoms with Crippen LogP contribution in [0.3, 0.4) is 0 Å². The minimum Gasteiger partial charge on any atom is -0.497 e. The van der Waals surface area contributed by atoms with Gasteiger partial charge in [-0.05, 0) is 77.2 Å². The molecule has 2 N–H and O–H groups in total. The molecule has 6 nitrogen and oxygen atoms in total. The van der Waals surface area contributed by atoms with Crippen LogP contribution in [0.4, 0.5) is 0 Å². The molecule has 0 spiro atoms. The van der Waals surface area contributed by atoms with E-state index in [1.54, 1.807) is 37.5 Å². The van der Waals surface area contributed by atoms with Crippen molar-refractivity contribution in [1.29, 1.82) is 0 Å². The van der Waals surface area contributed by atoms with E-state index >= 15 is 0 Å². The normalized spacial score (nSPS) is 15.8. The fourth-order valence-electron chi connectivity index (χ4n) is 3.88. The zero-order valence-electron chi connectivity index (χ0n) is 19.6. The fraction of sp³-hybridized carbons (Fsp3) is 0.385. The van der Waals surface area contributed by atoms with Crippen LogP contribution in [0.5, 0.6) is 5.75 Å². The largest absolute Gasteiger partial charge is 0.497 e. The maximum atomic E-state index is 13.1. The number of hydrogen-bond acceptors (Lipinski definition) is 5. The Kier molecular flexibility index (Phi) is 7.36. The minimum atomic E-state index is -0.179. The smallest absolute Gasteiger partial charge is 0.251 e. The van der Waals surface area contributed by atoms with Gasteiger partial charge in [-0.3, -0.25) is 9.59 Å². The van der Waals surface area contributed by atoms with Crippen molar-refractivity contribution >= 4 is 17.4 Å². The molecule has 0 aliphatic carbocycles. The number of carbonyl (C=O) groups excluding carboxylic acids is 2. The predicted molar refractivity (Wildman–Crippen MR) is 128 cm³/mol. The van der Waals surface area contributed by atoms with Crippen LogP contribution >= 0.6 is 0 Å². The molecule has 0 saturated heterocycles. The van der Waals surface area contributed by atoms with E-state index in [1.165, 1.54) is 5.56 Å². The summed E-state index contributed by atoms with van der Waals surface area (Å²) in [4.78, 5) is 27.7. The maximum absolute atomic E-state index is 13.1. The van der Waals surface area contributed by atoms with Gasteiger partial charge in [-0.25, -0.2) is 0 Å². The molecule has 2 aromatic carbocycles. The lowest BCUT2D eigenvalue weighted by atomic mass is 9.85. The van der Waals surface area contributed by atoms with E-state index in [9.17, 15) is 9.59 Å². The zero-order valence-corrected chi connectivity index (χ0v) is 19.6. The molecule has 6 heteroatoms. The molecule has 1 aliphatic rings. The minimum absolute atomic E-state index is 0.152. The van der Waals surface area contributed by atoms with Gasteiger partial charge in [0.15, 0.2) is 5.78 Å². The van der Waals surface area contributed by atoms with E-state index in [4.69, 9.17) is 4.74 Å². The Morgan fingerprint density at radius 2 is 1.91 bits per heavy atom. The molecule has 1 aliphatic heterocycles. The number of fused-ring (bicyclic) bond motifs is 1. The molecular weight excluding hydrogens is 402 g/mol. The van der Waals surface area contributed by atoms with E-state index in [0.717, 1.165) is 36.4 Å². The second-order valence-electron chi connectivity index (χ2n) is 9.12. The molecule has 0 radical (unpaired) electrons. The van der Waals surface area contributed by atoms with E-state index in [1.807, 2.05) is 26.2 Å². The van der Waals surface area contributed by atoms with Gasteiger partial charge in [-0.15, -0.1) is 0 Å². The Morgan fingerprint density at radius 3 is 2.62 bits per heavy atom. The van der Waals surface area contributed by atoms with Crippen molar-refractivity contribution in [2.75, 3.05) is 34.3 Å². The highest BCUT2D eigenvalue weighted by molar-refractivity contribution is 6.10. The molecule has 0 unspecified atom stereocenters. The quantitative estimate of drug-likeness (QED) is 0.377. The number of nitrogens with one attached hydrogen (secondary N) is 2. The fourth-order valence-corrected chi connectivity index (χ4v) is 3.88. The highest BCUT2D eigenvalue weighted by Gasteiger charge is 2.28. The number of ether oxygens (including phenoxy) is 1. The van der Waals surface area contributed by atoms with E-state index in [2.05, 4.69) is 35.4 Å². The zero-order chi connectivity index (χ0) is 23.3. The van der Waals surface area contributed by atoms with Crippen LogP contribution in [0.2, 0.25) is 0 Å². The molecule has 1 amide bonds. The standard InChI is InChI=1S/C26H33N3O3/c1-26(2)17-20-10-11-21(32-5)15-22(20)23(28-26)16-24(30)18-8-6-9-19(14-18)25(31)27-12-7-13-29(3)4/h6,8-11,14-16,28H,7,12-13,17H2,1-5H3,(H,27,31)/b23-16-. The Balaban J connectivity index is 1.81. The van der Waals surface area contributed by atoms with Crippen LogP contribution in [0, 0.1) is 0 Å². The first-order chi connectivity index (χ1) is 15.2. The van der Waals surface area contributed by atoms with Crippen LogP contribution < -0.4 is 15.4 Å². The third kappa shape index (κ3) is 5.98. The first-order valence-electron chi connectivity index (χ1n) is 10.9. The number of ketones is 1. The summed E-state index contributed by atoms with van der Waals surface area (Å²) in [6.07, 6.45) is 3.34. The lowest BCUT2D eigenvalue weighted by Crippen LogP contribution is -2.43. The summed E-state index contributed by atoms with van der Waals surface area (Å²) < 4.78 is 5.38. The first-order valence-corrected chi connectivity index (χ1v) is 10.9. The van der Waals surface area contributed by atoms with Gasteiger partial charge in [0.05, 0.1) is 7.11 Å². The third-order valence-corrected chi connectivity index (χ3v) is 5.47. The molecule has 3 rings (SSSR count). The number of rotatable bonds is 8. The van der Waals surface area contributed by atoms with Crippen molar-refractivity contribution in [2.24, 2.45) is 0 Å². The van der Waals surface area contributed by atoms with Crippen LogP contribution in [0.1, 0.15) is 52.1 Å². The molecule has 2 aromatic rings. The van der Waals surface area contributed by atoms with Crippen molar-refractivity contribution in [3.8, 4) is 5.75 Å². The third-order valence-electron chi connectivity index (χ3n) is 5.47. The maximum Gasteiger partial charge on any atom is 0.251 e. The Hall–Kier alpha value is -3.12. The lowest BCUT2D eigenvalue weighted by molar-refractivity contribution is 0.0952. The van der Waals surface area contributed by atoms with Crippen molar-refractivity contribution in [3.05, 3.63) is 70.8 Å². The van der Waals surface area contributed by atoms with Crippen LogP contribution in [-0.2, 0) is 6.42 Å². The van der Waals surface area contributed by atoms with Gasteiger partial charge in [0.25, 0.3) is 5.91 Å². The molecule has 0 saturated carbocycles. The summed E-state index contributed by atoms with van der Waals surface area (Å²) in [6.45, 7) is 5.72. The van der Waals surface area contributed by atoms with Gasteiger partial charge in [0.2, 0.25) is 0 Å². The van der Waals surface area contributed by atoms with Gasteiger partial charge in [-0.1, -0.05) is 18.2 Å². The van der Waals surface area contributed by atoms with Crippen LogP contribution in [0.15, 0.2) is 48.5 Å². The first kappa shape index (κ1) is 23.5. The molecule has 170 valence electrons. The van der Waals surface area contributed by atoms with Gasteiger partial charge in [-0.2, -0.15) is 0 Å². The highest BCUT2D eigenvalue weighted by Crippen LogP contribution is 2.32. The van der Waals surface area contributed by atoms with Gasteiger partial charge < -0.3 is 20.3 Å². The molecule has 32 heavy (non-hydrogen) atoms. The van der Waals surface area contributed by atoms with Gasteiger partial charge in [0, 0.05) is 40.5 Å². The summed E-state index contributed by atoms with van der Waals surface area (Å²) >= 11 is 0. The molecule has 0 bridgehead atoms. The van der Waals surface area contributed by atoms with Crippen molar-refractivity contribution in [3.63, 3.8) is 0 Å². The average Bonchev–Trinajstić information content (AvgIpc) is 2.75. The second-order valence-corrected chi connectivity index (χ2v) is 9.12. The van der Waals surface area contributed by atoms with Gasteiger partial charge >= 0.3 is 0 Å². The van der Waals surface area contributed by atoms with Crippen molar-refractivity contribution in [2.45, 2.75) is 32.2 Å². The summed E-state index contributed by atoms with van der Waals surface area (Å²) in [7, 11) is 5.64. The number of nitrogens with zero attached hydrogens (tertiary/aromatic N) is 1. The lowest BCUT2D eigenvalue weighted by Gasteiger charge is -2.35. The van der Waals surface area contributed by atoms with Crippen LogP contribution in [-0.4, -0.2) is 56.4 Å². The predicted octanol–water partition coefficient (Wildman–Crippen LogP) is 3.52. The van der Waals surface area contributed by atoms with E-state index in [-0.39, 0.29) is 17.2 Å². The molecule has 0 atom stereocenters. The van der Waals surface area contributed by atoms with Crippen LogP contribution in [0.25, 0.3) is 5.70 Å².